The van der Waals surface area contributed by atoms with Crippen LogP contribution in [-0.2, 0) is 4.79 Å². The first kappa shape index (κ1) is 14.8. The highest BCUT2D eigenvalue weighted by molar-refractivity contribution is 7.98. The Kier molecular flexibility index (Phi) is 4.56. The van der Waals surface area contributed by atoms with E-state index in [1.54, 1.807) is 12.1 Å². The molecule has 6 heteroatoms. The number of rotatable bonds is 4. The lowest BCUT2D eigenvalue weighted by molar-refractivity contribution is -0.173. The van der Waals surface area contributed by atoms with E-state index in [4.69, 9.17) is 0 Å². The fourth-order valence-corrected chi connectivity index (χ4v) is 1.78. The van der Waals surface area contributed by atoms with Gasteiger partial charge in [0.1, 0.15) is 0 Å². The molecule has 18 heavy (non-hydrogen) atoms. The van der Waals surface area contributed by atoms with Crippen LogP contribution in [0.5, 0.6) is 0 Å². The molecule has 98 valence electrons. The first-order valence-corrected chi connectivity index (χ1v) is 6.29. The van der Waals surface area contributed by atoms with Crippen molar-refractivity contribution >= 4 is 23.3 Å². The number of Topliss-reactive ketones (excluding diaryl/α,β-unsaturated/α-hetero) is 2. The van der Waals surface area contributed by atoms with Crippen LogP contribution in [0.15, 0.2) is 29.2 Å². The molecule has 0 N–H and O–H groups in total. The van der Waals surface area contributed by atoms with Gasteiger partial charge in [-0.2, -0.15) is 13.2 Å². The van der Waals surface area contributed by atoms with Crippen LogP contribution in [0.25, 0.3) is 0 Å². The van der Waals surface area contributed by atoms with Gasteiger partial charge in [0.15, 0.2) is 5.78 Å². The van der Waals surface area contributed by atoms with Crippen LogP contribution in [0.3, 0.4) is 0 Å². The van der Waals surface area contributed by atoms with Crippen LogP contribution in [0, 0.1) is 5.92 Å². The molecule has 0 aliphatic heterocycles. The number of benzene rings is 1. The second-order valence-corrected chi connectivity index (χ2v) is 4.56. The van der Waals surface area contributed by atoms with Crippen LogP contribution in [0.2, 0.25) is 0 Å². The van der Waals surface area contributed by atoms with Gasteiger partial charge in [-0.3, -0.25) is 9.59 Å². The number of halogens is 3. The van der Waals surface area contributed by atoms with Gasteiger partial charge in [0.2, 0.25) is 5.78 Å². The summed E-state index contributed by atoms with van der Waals surface area (Å²) in [5, 5.41) is 0. The third kappa shape index (κ3) is 3.35. The quantitative estimate of drug-likeness (QED) is 0.480. The largest absolute Gasteiger partial charge is 0.450 e. The standard InChI is InChI=1S/C12H11F3O2S/c1-7(11(17)12(13,14)15)10(16)8-3-5-9(18-2)6-4-8/h3-7H,1-2H3. The maximum atomic E-state index is 12.2. The number of thioether (sulfide) groups is 1. The number of carbonyl (C=O) groups excluding carboxylic acids is 2. The Morgan fingerprint density at radius 1 is 1.17 bits per heavy atom. The van der Waals surface area contributed by atoms with Gasteiger partial charge in [0, 0.05) is 10.5 Å². The average molecular weight is 276 g/mol. The highest BCUT2D eigenvalue weighted by atomic mass is 32.2. The highest BCUT2D eigenvalue weighted by Crippen LogP contribution is 2.24. The summed E-state index contributed by atoms with van der Waals surface area (Å²) in [6.45, 7) is 0.973. The highest BCUT2D eigenvalue weighted by Gasteiger charge is 2.44. The topological polar surface area (TPSA) is 34.1 Å². The average Bonchev–Trinajstić information content (AvgIpc) is 2.35. The van der Waals surface area contributed by atoms with E-state index in [0.29, 0.717) is 0 Å². The summed E-state index contributed by atoms with van der Waals surface area (Å²) in [6, 6.07) is 6.11. The summed E-state index contributed by atoms with van der Waals surface area (Å²) in [4.78, 5) is 23.5. The molecule has 0 fully saturated rings. The zero-order valence-corrected chi connectivity index (χ0v) is 10.6. The molecule has 0 heterocycles. The van der Waals surface area contributed by atoms with Crippen LogP contribution >= 0.6 is 11.8 Å². The molecule has 2 nitrogen and oxygen atoms in total. The zero-order valence-electron chi connectivity index (χ0n) is 9.75. The molecular formula is C12H11F3O2S. The molecule has 0 amide bonds. The summed E-state index contributed by atoms with van der Waals surface area (Å²) in [5.41, 5.74) is 0.109. The predicted molar refractivity (Wildman–Crippen MR) is 62.8 cm³/mol. The lowest BCUT2D eigenvalue weighted by atomic mass is 9.95. The van der Waals surface area contributed by atoms with Crippen molar-refractivity contribution in [3.8, 4) is 0 Å². The molecule has 1 atom stereocenters. The molecular weight excluding hydrogens is 265 g/mol. The first-order valence-electron chi connectivity index (χ1n) is 5.06. The predicted octanol–water partition coefficient (Wildman–Crippen LogP) is 3.36. The van der Waals surface area contributed by atoms with Gasteiger partial charge in [-0.15, -0.1) is 11.8 Å². The van der Waals surface area contributed by atoms with E-state index in [1.807, 2.05) is 6.26 Å². The summed E-state index contributed by atoms with van der Waals surface area (Å²) in [7, 11) is 0. The van der Waals surface area contributed by atoms with E-state index in [9.17, 15) is 22.8 Å². The van der Waals surface area contributed by atoms with E-state index >= 15 is 0 Å². The summed E-state index contributed by atoms with van der Waals surface area (Å²) in [5.74, 6) is -4.53. The van der Waals surface area contributed by atoms with E-state index in [2.05, 4.69) is 0 Å². The monoisotopic (exact) mass is 276 g/mol. The number of hydrogen-bond acceptors (Lipinski definition) is 3. The van der Waals surface area contributed by atoms with Crippen molar-refractivity contribution in [2.24, 2.45) is 5.92 Å². The smallest absolute Gasteiger partial charge is 0.293 e. The van der Waals surface area contributed by atoms with Crippen molar-refractivity contribution in [3.63, 3.8) is 0 Å². The molecule has 0 aliphatic carbocycles. The Hall–Kier alpha value is -1.30. The molecule has 1 aromatic carbocycles. The SMILES string of the molecule is CSc1ccc(C(=O)C(C)C(=O)C(F)(F)F)cc1. The van der Waals surface area contributed by atoms with Crippen molar-refractivity contribution in [1.82, 2.24) is 0 Å². The Morgan fingerprint density at radius 2 is 1.67 bits per heavy atom. The molecule has 0 aromatic heterocycles. The fourth-order valence-electron chi connectivity index (χ4n) is 1.37. The third-order valence-corrected chi connectivity index (χ3v) is 3.18. The second kappa shape index (κ2) is 5.56. The van der Waals surface area contributed by atoms with Crippen LogP contribution in [0.4, 0.5) is 13.2 Å². The minimum Gasteiger partial charge on any atom is -0.293 e. The number of hydrogen-bond donors (Lipinski definition) is 0. The normalized spacial score (nSPS) is 13.2. The van der Waals surface area contributed by atoms with Crippen molar-refractivity contribution < 1.29 is 22.8 Å². The molecule has 0 radical (unpaired) electrons. The molecule has 0 bridgehead atoms. The van der Waals surface area contributed by atoms with Crippen molar-refractivity contribution in [1.29, 1.82) is 0 Å². The Morgan fingerprint density at radius 3 is 2.06 bits per heavy atom. The summed E-state index contributed by atoms with van der Waals surface area (Å²) in [6.07, 6.45) is -3.14. The van der Waals surface area contributed by atoms with Gasteiger partial charge in [-0.1, -0.05) is 12.1 Å². The molecule has 0 spiro atoms. The van der Waals surface area contributed by atoms with Crippen molar-refractivity contribution in [2.75, 3.05) is 6.26 Å². The second-order valence-electron chi connectivity index (χ2n) is 3.68. The Labute approximate surface area is 107 Å². The lowest BCUT2D eigenvalue weighted by Gasteiger charge is -2.12. The van der Waals surface area contributed by atoms with Crippen LogP contribution in [0.1, 0.15) is 17.3 Å². The lowest BCUT2D eigenvalue weighted by Crippen LogP contribution is -2.33. The van der Waals surface area contributed by atoms with E-state index in [0.717, 1.165) is 11.8 Å². The summed E-state index contributed by atoms with van der Waals surface area (Å²) >= 11 is 1.45. The van der Waals surface area contributed by atoms with Gasteiger partial charge in [0.25, 0.3) is 0 Å². The van der Waals surface area contributed by atoms with Crippen molar-refractivity contribution in [2.45, 2.75) is 18.0 Å². The van der Waals surface area contributed by atoms with Gasteiger partial charge in [0.05, 0.1) is 5.92 Å². The Bertz CT molecular complexity index is 451. The van der Waals surface area contributed by atoms with Crippen LogP contribution < -0.4 is 0 Å². The maximum absolute atomic E-state index is 12.2. The van der Waals surface area contributed by atoms with Gasteiger partial charge in [-0.05, 0) is 25.3 Å². The minimum absolute atomic E-state index is 0.109. The van der Waals surface area contributed by atoms with Crippen molar-refractivity contribution in [3.05, 3.63) is 29.8 Å². The Balaban J connectivity index is 2.90. The first-order chi connectivity index (χ1) is 8.27. The van der Waals surface area contributed by atoms with Gasteiger partial charge in [-0.25, -0.2) is 0 Å². The summed E-state index contributed by atoms with van der Waals surface area (Å²) < 4.78 is 36.6. The minimum atomic E-state index is -4.98. The van der Waals surface area contributed by atoms with Crippen LogP contribution in [-0.4, -0.2) is 24.0 Å². The number of carbonyl (C=O) groups is 2. The number of alkyl halides is 3. The molecule has 1 unspecified atom stereocenters. The molecule has 0 saturated heterocycles. The zero-order chi connectivity index (χ0) is 13.9. The third-order valence-electron chi connectivity index (χ3n) is 2.44. The fraction of sp³-hybridized carbons (Fsp3) is 0.333. The molecule has 0 aliphatic rings. The molecule has 1 aromatic rings. The van der Waals surface area contributed by atoms with Gasteiger partial charge >= 0.3 is 6.18 Å². The number of ketones is 2. The molecule has 1 rings (SSSR count). The maximum Gasteiger partial charge on any atom is 0.450 e. The van der Waals surface area contributed by atoms with E-state index < -0.39 is 23.7 Å². The molecule has 0 saturated carbocycles. The van der Waals surface area contributed by atoms with E-state index in [-0.39, 0.29) is 5.56 Å². The van der Waals surface area contributed by atoms with Gasteiger partial charge < -0.3 is 0 Å². The van der Waals surface area contributed by atoms with E-state index in [1.165, 1.54) is 23.9 Å².